The molecule has 2 N–H and O–H groups in total. The smallest absolute Gasteiger partial charge is 0.135 e. The van der Waals surface area contributed by atoms with E-state index < -0.39 is 0 Å². The normalized spacial score (nSPS) is 12.8. The van der Waals surface area contributed by atoms with E-state index in [2.05, 4.69) is 85.0 Å². The summed E-state index contributed by atoms with van der Waals surface area (Å²) < 4.78 is 15.6. The maximum atomic E-state index is 11.2. The molecule has 0 aliphatic heterocycles. The van der Waals surface area contributed by atoms with Gasteiger partial charge in [-0.05, 0) is 107 Å². The number of unbranched alkanes of at least 4 members (excludes halogenated alkanes) is 24. The molecule has 0 saturated carbocycles. The van der Waals surface area contributed by atoms with Crippen molar-refractivity contribution in [2.75, 3.05) is 13.2 Å². The van der Waals surface area contributed by atoms with E-state index in [4.69, 9.17) is 9.47 Å². The van der Waals surface area contributed by atoms with Gasteiger partial charge in [-0.1, -0.05) is 207 Å². The van der Waals surface area contributed by atoms with E-state index in [0.29, 0.717) is 25.0 Å². The highest BCUT2D eigenvalue weighted by Crippen LogP contribution is 2.47. The summed E-state index contributed by atoms with van der Waals surface area (Å²) in [4.78, 5) is 0. The summed E-state index contributed by atoms with van der Waals surface area (Å²) in [5, 5.41) is 26.1. The molecule has 60 heavy (non-hydrogen) atoms. The number of fused-ring (bicyclic) bond motifs is 2. The standard InChI is InChI=1S/C54H88I2O4/c1-5-9-13-17-21-23-27-31-35-43(33-29-25-19-15-11-7-3)41-59-53-45-37-49(55)52(58)40-48(45)54(46-38-50(56)51(57)39-47(46)53)60-42-44(34-30-26-20-16-12-8-4)36-32-28-24-22-18-14-10-6-2/h37-40,43-44,57-58H,5-36,41-42H2,1-4H3. The lowest BCUT2D eigenvalue weighted by Gasteiger charge is -2.23. The largest absolute Gasteiger partial charge is 0.507 e. The van der Waals surface area contributed by atoms with Gasteiger partial charge in [-0.25, -0.2) is 0 Å². The second-order valence-electron chi connectivity index (χ2n) is 18.4. The molecular weight excluding hydrogens is 966 g/mol. The highest BCUT2D eigenvalue weighted by molar-refractivity contribution is 14.1. The molecule has 0 amide bonds. The maximum Gasteiger partial charge on any atom is 0.135 e. The number of rotatable bonds is 38. The zero-order chi connectivity index (χ0) is 43.2. The predicted octanol–water partition coefficient (Wildman–Crippen LogP) is 19.2. The number of hydrogen-bond donors (Lipinski definition) is 2. The van der Waals surface area contributed by atoms with Crippen LogP contribution in [0.2, 0.25) is 0 Å². The van der Waals surface area contributed by atoms with Crippen LogP contribution in [0.3, 0.4) is 0 Å². The highest BCUT2D eigenvalue weighted by atomic mass is 127. The van der Waals surface area contributed by atoms with Gasteiger partial charge in [0, 0.05) is 21.5 Å². The lowest BCUT2D eigenvalue weighted by atomic mass is 9.94. The van der Waals surface area contributed by atoms with Crippen LogP contribution in [0.25, 0.3) is 21.5 Å². The van der Waals surface area contributed by atoms with Gasteiger partial charge in [0.2, 0.25) is 0 Å². The van der Waals surface area contributed by atoms with E-state index in [1.54, 1.807) is 0 Å². The van der Waals surface area contributed by atoms with Crippen molar-refractivity contribution in [3.05, 3.63) is 31.4 Å². The average molecular weight is 1060 g/mol. The zero-order valence-corrected chi connectivity index (χ0v) is 43.3. The topological polar surface area (TPSA) is 58.9 Å². The van der Waals surface area contributed by atoms with Gasteiger partial charge in [-0.2, -0.15) is 0 Å². The van der Waals surface area contributed by atoms with Crippen molar-refractivity contribution in [1.29, 1.82) is 0 Å². The fraction of sp³-hybridized carbons (Fsp3) is 0.741. The minimum Gasteiger partial charge on any atom is -0.507 e. The molecule has 0 saturated heterocycles. The first-order valence-corrected chi connectivity index (χ1v) is 27.6. The van der Waals surface area contributed by atoms with E-state index in [1.165, 1.54) is 205 Å². The Morgan fingerprint density at radius 2 is 0.600 bits per heavy atom. The molecule has 0 aromatic heterocycles. The van der Waals surface area contributed by atoms with E-state index >= 15 is 0 Å². The van der Waals surface area contributed by atoms with Crippen LogP contribution in [0, 0.1) is 19.0 Å². The molecule has 0 fully saturated rings. The second kappa shape index (κ2) is 33.4. The van der Waals surface area contributed by atoms with Gasteiger partial charge < -0.3 is 19.7 Å². The first-order chi connectivity index (χ1) is 29.3. The number of aromatic hydroxyl groups is 2. The molecule has 0 spiro atoms. The minimum atomic E-state index is 0.268. The van der Waals surface area contributed by atoms with Gasteiger partial charge in [-0.3, -0.25) is 0 Å². The van der Waals surface area contributed by atoms with Crippen molar-refractivity contribution in [1.82, 2.24) is 0 Å². The summed E-state index contributed by atoms with van der Waals surface area (Å²) in [5.74, 6) is 3.14. The summed E-state index contributed by atoms with van der Waals surface area (Å²) in [5.41, 5.74) is 0. The Morgan fingerprint density at radius 3 is 0.867 bits per heavy atom. The average Bonchev–Trinajstić information content (AvgIpc) is 3.24. The van der Waals surface area contributed by atoms with Gasteiger partial charge in [0.25, 0.3) is 0 Å². The Morgan fingerprint density at radius 1 is 0.367 bits per heavy atom. The fourth-order valence-electron chi connectivity index (χ4n) is 9.06. The lowest BCUT2D eigenvalue weighted by molar-refractivity contribution is 0.225. The Bertz CT molecular complexity index is 1370. The van der Waals surface area contributed by atoms with Crippen molar-refractivity contribution in [2.24, 2.45) is 11.8 Å². The summed E-state index contributed by atoms with van der Waals surface area (Å²) in [7, 11) is 0. The van der Waals surface area contributed by atoms with Crippen LogP contribution >= 0.6 is 45.2 Å². The van der Waals surface area contributed by atoms with Crippen LogP contribution in [-0.2, 0) is 0 Å². The molecule has 2 unspecified atom stereocenters. The Balaban J connectivity index is 1.87. The second-order valence-corrected chi connectivity index (χ2v) is 20.7. The first-order valence-electron chi connectivity index (χ1n) is 25.4. The number of benzene rings is 3. The molecule has 3 aromatic rings. The number of ether oxygens (including phenoxy) is 2. The van der Waals surface area contributed by atoms with Crippen LogP contribution in [-0.4, -0.2) is 23.4 Å². The SMILES string of the molecule is CCCCCCCCCCC(CCCCCCCC)COc1c2cc(O)c(I)cc2c(OCC(CCCCCCCC)CCCCCCCCCC)c2cc(O)c(I)cc12. The molecule has 0 aliphatic rings. The van der Waals surface area contributed by atoms with Crippen LogP contribution in [0.4, 0.5) is 0 Å². The number of phenolic OH excluding ortho intramolecular Hbond substituents is 2. The molecule has 0 heterocycles. The van der Waals surface area contributed by atoms with E-state index in [1.807, 2.05) is 12.1 Å². The molecule has 2 atom stereocenters. The van der Waals surface area contributed by atoms with E-state index in [0.717, 1.165) is 40.2 Å². The maximum absolute atomic E-state index is 11.2. The van der Waals surface area contributed by atoms with Gasteiger partial charge in [-0.15, -0.1) is 0 Å². The van der Waals surface area contributed by atoms with Gasteiger partial charge in [0.05, 0.1) is 20.4 Å². The number of halogens is 2. The quantitative estimate of drug-likeness (QED) is 0.0341. The highest BCUT2D eigenvalue weighted by Gasteiger charge is 2.22. The van der Waals surface area contributed by atoms with Crippen LogP contribution in [0.1, 0.15) is 233 Å². The number of phenols is 2. The van der Waals surface area contributed by atoms with Crippen LogP contribution in [0.15, 0.2) is 24.3 Å². The Labute approximate surface area is 396 Å². The van der Waals surface area contributed by atoms with Gasteiger partial charge in [0.15, 0.2) is 0 Å². The van der Waals surface area contributed by atoms with Crippen molar-refractivity contribution in [3.63, 3.8) is 0 Å². The minimum absolute atomic E-state index is 0.268. The third-order valence-electron chi connectivity index (χ3n) is 12.9. The molecule has 0 radical (unpaired) electrons. The third kappa shape index (κ3) is 20.6. The van der Waals surface area contributed by atoms with Crippen molar-refractivity contribution in [3.8, 4) is 23.0 Å². The van der Waals surface area contributed by atoms with Crippen molar-refractivity contribution >= 4 is 66.7 Å². The lowest BCUT2D eigenvalue weighted by Crippen LogP contribution is -2.14. The van der Waals surface area contributed by atoms with E-state index in [9.17, 15) is 10.2 Å². The monoisotopic (exact) mass is 1050 g/mol. The molecule has 6 heteroatoms. The molecular formula is C54H88I2O4. The fourth-order valence-corrected chi connectivity index (χ4v) is 10.00. The van der Waals surface area contributed by atoms with E-state index in [-0.39, 0.29) is 11.5 Å². The van der Waals surface area contributed by atoms with Gasteiger partial charge >= 0.3 is 0 Å². The Hall–Kier alpha value is -1.16. The zero-order valence-electron chi connectivity index (χ0n) is 39.0. The third-order valence-corrected chi connectivity index (χ3v) is 14.7. The summed E-state index contributed by atoms with van der Waals surface area (Å²) in [6.07, 6.45) is 41.8. The number of hydrogen-bond acceptors (Lipinski definition) is 4. The van der Waals surface area contributed by atoms with Crippen LogP contribution < -0.4 is 9.47 Å². The summed E-state index contributed by atoms with van der Waals surface area (Å²) in [6, 6.07) is 7.93. The molecule has 342 valence electrons. The van der Waals surface area contributed by atoms with Gasteiger partial charge in [0.1, 0.15) is 23.0 Å². The molecule has 3 rings (SSSR count). The van der Waals surface area contributed by atoms with Crippen molar-refractivity contribution in [2.45, 2.75) is 233 Å². The molecule has 4 nitrogen and oxygen atoms in total. The summed E-state index contributed by atoms with van der Waals surface area (Å²) in [6.45, 7) is 10.5. The van der Waals surface area contributed by atoms with Crippen molar-refractivity contribution < 1.29 is 19.7 Å². The predicted molar refractivity (Wildman–Crippen MR) is 279 cm³/mol. The van der Waals surface area contributed by atoms with Crippen LogP contribution in [0.5, 0.6) is 23.0 Å². The molecule has 0 bridgehead atoms. The first kappa shape index (κ1) is 53.2. The summed E-state index contributed by atoms with van der Waals surface area (Å²) >= 11 is 4.48. The molecule has 3 aromatic carbocycles. The molecule has 0 aliphatic carbocycles. The Kier molecular flexibility index (Phi) is 29.6.